The molecule has 15 heavy (non-hydrogen) atoms. The van der Waals surface area contributed by atoms with Crippen LogP contribution in [0.5, 0.6) is 0 Å². The molecule has 0 saturated carbocycles. The number of carbonyl (C=O) groups is 1. The van der Waals surface area contributed by atoms with Crippen LogP contribution in [-0.4, -0.2) is 32.0 Å². The molecule has 4 nitrogen and oxygen atoms in total. The zero-order valence-corrected chi connectivity index (χ0v) is 9.51. The van der Waals surface area contributed by atoms with Gasteiger partial charge in [-0.3, -0.25) is 4.79 Å². The van der Waals surface area contributed by atoms with Gasteiger partial charge in [0.15, 0.2) is 5.78 Å². The van der Waals surface area contributed by atoms with E-state index in [-0.39, 0.29) is 5.78 Å². The molecule has 0 atom stereocenters. The highest BCUT2D eigenvalue weighted by Crippen LogP contribution is 1.85. The Morgan fingerprint density at radius 1 is 1.33 bits per heavy atom. The molecule has 0 rings (SSSR count). The number of ether oxygens (including phenoxy) is 1. The second kappa shape index (κ2) is 9.27. The highest BCUT2D eigenvalue weighted by Gasteiger charge is 1.91. The molecule has 4 heteroatoms. The van der Waals surface area contributed by atoms with Crippen molar-refractivity contribution < 1.29 is 9.53 Å². The van der Waals surface area contributed by atoms with E-state index in [2.05, 4.69) is 17.2 Å². The van der Waals surface area contributed by atoms with Gasteiger partial charge >= 0.3 is 0 Å². The molecule has 0 aliphatic heterocycles. The van der Waals surface area contributed by atoms with Crippen LogP contribution in [0.3, 0.4) is 0 Å². The van der Waals surface area contributed by atoms with Crippen molar-refractivity contribution in [3.63, 3.8) is 0 Å². The van der Waals surface area contributed by atoms with Gasteiger partial charge in [0.25, 0.3) is 0 Å². The summed E-state index contributed by atoms with van der Waals surface area (Å²) in [4.78, 5) is 10.7. The Balaban J connectivity index is 3.31. The van der Waals surface area contributed by atoms with Gasteiger partial charge < -0.3 is 15.4 Å². The molecule has 0 amide bonds. The summed E-state index contributed by atoms with van der Waals surface area (Å²) in [6, 6.07) is 0. The Labute approximate surface area is 91.4 Å². The van der Waals surface area contributed by atoms with Gasteiger partial charge in [-0.2, -0.15) is 0 Å². The Hall–Kier alpha value is -1.29. The number of carbonyl (C=O) groups excluding carboxylic acids is 1. The van der Waals surface area contributed by atoms with Gasteiger partial charge in [-0.1, -0.05) is 6.58 Å². The zero-order valence-electron chi connectivity index (χ0n) is 9.51. The fourth-order valence-electron chi connectivity index (χ4n) is 1.04. The van der Waals surface area contributed by atoms with Crippen molar-refractivity contribution in [1.82, 2.24) is 10.6 Å². The van der Waals surface area contributed by atoms with Gasteiger partial charge in [-0.05, 0) is 19.9 Å². The molecule has 0 aromatic rings. The number of nitrogens with one attached hydrogen (secondary N) is 2. The lowest BCUT2D eigenvalue weighted by Gasteiger charge is -2.07. The second-order valence-corrected chi connectivity index (χ2v) is 3.15. The fraction of sp³-hybridized carbons (Fsp3) is 0.545. The summed E-state index contributed by atoms with van der Waals surface area (Å²) in [6.45, 7) is 9.92. The Morgan fingerprint density at radius 2 is 2.07 bits per heavy atom. The van der Waals surface area contributed by atoms with E-state index < -0.39 is 0 Å². The number of hydrogen-bond donors (Lipinski definition) is 2. The fourth-order valence-corrected chi connectivity index (χ4v) is 1.04. The van der Waals surface area contributed by atoms with Gasteiger partial charge in [0.2, 0.25) is 0 Å². The van der Waals surface area contributed by atoms with Crippen molar-refractivity contribution in [3.8, 4) is 0 Å². The van der Waals surface area contributed by atoms with Crippen LogP contribution in [0.1, 0.15) is 13.8 Å². The number of hydrogen-bond acceptors (Lipinski definition) is 4. The molecular weight excluding hydrogens is 192 g/mol. The predicted octanol–water partition coefficient (Wildman–Crippen LogP) is 0.818. The first kappa shape index (κ1) is 13.7. The summed E-state index contributed by atoms with van der Waals surface area (Å²) in [6.07, 6.45) is 3.01. The second-order valence-electron chi connectivity index (χ2n) is 3.15. The molecule has 0 aliphatic rings. The molecule has 0 aliphatic carbocycles. The van der Waals surface area contributed by atoms with E-state index in [1.54, 1.807) is 6.08 Å². The van der Waals surface area contributed by atoms with E-state index in [9.17, 15) is 4.79 Å². The third-order valence-electron chi connectivity index (χ3n) is 1.64. The van der Waals surface area contributed by atoms with Gasteiger partial charge in [0.05, 0.1) is 12.9 Å². The van der Waals surface area contributed by atoms with Crippen LogP contribution in [0.15, 0.2) is 24.6 Å². The minimum Gasteiger partial charge on any atom is -0.500 e. The minimum absolute atomic E-state index is 0.0624. The normalized spacial score (nSPS) is 10.9. The van der Waals surface area contributed by atoms with Gasteiger partial charge in [0, 0.05) is 25.3 Å². The Kier molecular flexibility index (Phi) is 8.47. The third kappa shape index (κ3) is 10.6. The maximum absolute atomic E-state index is 10.7. The summed E-state index contributed by atoms with van der Waals surface area (Å²) < 4.78 is 4.94. The van der Waals surface area contributed by atoms with Gasteiger partial charge in [-0.25, -0.2) is 0 Å². The van der Waals surface area contributed by atoms with Crippen LogP contribution >= 0.6 is 0 Å². The predicted molar refractivity (Wildman–Crippen MR) is 61.5 cm³/mol. The first-order valence-electron chi connectivity index (χ1n) is 5.02. The van der Waals surface area contributed by atoms with Crippen molar-refractivity contribution in [3.05, 3.63) is 24.6 Å². The standard InChI is InChI=1S/C11H20N2O2/c1-4-15-8-7-12-5-6-13-10(2)9-11(3)14/h4,9,12-13H,1,5-8H2,2-3H3/b10-9+. The smallest absolute Gasteiger partial charge is 0.154 e. The first-order chi connectivity index (χ1) is 7.16. The topological polar surface area (TPSA) is 50.4 Å². The largest absolute Gasteiger partial charge is 0.500 e. The summed E-state index contributed by atoms with van der Waals surface area (Å²) in [7, 11) is 0. The van der Waals surface area contributed by atoms with Crippen LogP contribution in [0.25, 0.3) is 0 Å². The molecule has 86 valence electrons. The van der Waals surface area contributed by atoms with Crippen LogP contribution in [0.4, 0.5) is 0 Å². The monoisotopic (exact) mass is 212 g/mol. The van der Waals surface area contributed by atoms with Crippen LogP contribution in [-0.2, 0) is 9.53 Å². The number of ketones is 1. The van der Waals surface area contributed by atoms with E-state index in [4.69, 9.17) is 4.74 Å². The van der Waals surface area contributed by atoms with Crippen LogP contribution in [0.2, 0.25) is 0 Å². The lowest BCUT2D eigenvalue weighted by Crippen LogP contribution is -2.28. The average molecular weight is 212 g/mol. The zero-order chi connectivity index (χ0) is 11.5. The lowest BCUT2D eigenvalue weighted by molar-refractivity contribution is -0.112. The van der Waals surface area contributed by atoms with Crippen molar-refractivity contribution >= 4 is 5.78 Å². The highest BCUT2D eigenvalue weighted by molar-refractivity contribution is 5.87. The maximum atomic E-state index is 10.7. The summed E-state index contributed by atoms with van der Waals surface area (Å²) in [5, 5.41) is 6.30. The quantitative estimate of drug-likeness (QED) is 0.337. The summed E-state index contributed by atoms with van der Waals surface area (Å²) >= 11 is 0. The van der Waals surface area contributed by atoms with E-state index in [1.165, 1.54) is 13.2 Å². The minimum atomic E-state index is 0.0624. The van der Waals surface area contributed by atoms with Crippen molar-refractivity contribution in [2.24, 2.45) is 0 Å². The highest BCUT2D eigenvalue weighted by atomic mass is 16.5. The van der Waals surface area contributed by atoms with Crippen molar-refractivity contribution in [2.75, 3.05) is 26.2 Å². The van der Waals surface area contributed by atoms with Gasteiger partial charge in [-0.15, -0.1) is 0 Å². The van der Waals surface area contributed by atoms with Crippen LogP contribution in [0, 0.1) is 0 Å². The molecular formula is C11H20N2O2. The molecule has 0 spiro atoms. The lowest BCUT2D eigenvalue weighted by atomic mass is 10.3. The molecule has 0 bridgehead atoms. The average Bonchev–Trinajstić information content (AvgIpc) is 2.15. The SMILES string of the molecule is C=COCCNCCN/C(C)=C/C(C)=O. The van der Waals surface area contributed by atoms with E-state index in [0.29, 0.717) is 6.61 Å². The molecule has 2 N–H and O–H groups in total. The molecule has 0 unspecified atom stereocenters. The van der Waals surface area contributed by atoms with Crippen molar-refractivity contribution in [2.45, 2.75) is 13.8 Å². The van der Waals surface area contributed by atoms with E-state index in [1.807, 2.05) is 6.92 Å². The number of rotatable bonds is 9. The van der Waals surface area contributed by atoms with E-state index >= 15 is 0 Å². The van der Waals surface area contributed by atoms with E-state index in [0.717, 1.165) is 25.3 Å². The molecule has 0 aromatic heterocycles. The number of allylic oxidation sites excluding steroid dienone is 2. The van der Waals surface area contributed by atoms with Gasteiger partial charge in [0.1, 0.15) is 0 Å². The molecule has 0 heterocycles. The van der Waals surface area contributed by atoms with Crippen molar-refractivity contribution in [1.29, 1.82) is 0 Å². The summed E-state index contributed by atoms with van der Waals surface area (Å²) in [5.74, 6) is 0.0624. The molecule has 0 fully saturated rings. The molecule has 0 saturated heterocycles. The third-order valence-corrected chi connectivity index (χ3v) is 1.64. The molecule has 0 radical (unpaired) electrons. The Morgan fingerprint density at radius 3 is 2.67 bits per heavy atom. The Bertz CT molecular complexity index is 225. The summed E-state index contributed by atoms with van der Waals surface area (Å²) in [5.41, 5.74) is 0.895. The van der Waals surface area contributed by atoms with Crippen LogP contribution < -0.4 is 10.6 Å². The maximum Gasteiger partial charge on any atom is 0.154 e. The molecule has 0 aromatic carbocycles. The first-order valence-corrected chi connectivity index (χ1v) is 5.02.